The number of carbonyl (C=O) groups excluding carboxylic acids is 1. The average molecular weight is 309 g/mol. The summed E-state index contributed by atoms with van der Waals surface area (Å²) in [7, 11) is 0. The van der Waals surface area contributed by atoms with E-state index in [1.54, 1.807) is 35.9 Å². The van der Waals surface area contributed by atoms with E-state index in [4.69, 9.17) is 0 Å². The Hall–Kier alpha value is -2.53. The number of aromatic nitrogens is 2. The molecule has 0 aliphatic carbocycles. The molecule has 0 aliphatic rings. The second kappa shape index (κ2) is 6.95. The first-order valence-electron chi connectivity index (χ1n) is 7.01. The number of carbonyl (C=O) groups is 1. The first-order valence-corrected chi connectivity index (χ1v) is 7.89. The van der Waals surface area contributed by atoms with Crippen molar-refractivity contribution in [3.8, 4) is 11.3 Å². The Labute approximate surface area is 132 Å². The number of hydrogen-bond acceptors (Lipinski definition) is 4. The van der Waals surface area contributed by atoms with Gasteiger partial charge in [-0.15, -0.1) is 11.3 Å². The quantitative estimate of drug-likeness (QED) is 0.787. The molecule has 1 N–H and O–H groups in total. The van der Waals surface area contributed by atoms with E-state index in [9.17, 15) is 4.79 Å². The molecule has 5 heteroatoms. The molecule has 0 atom stereocenters. The predicted molar refractivity (Wildman–Crippen MR) is 87.8 cm³/mol. The maximum Gasteiger partial charge on any atom is 0.251 e. The van der Waals surface area contributed by atoms with Gasteiger partial charge in [-0.3, -0.25) is 9.78 Å². The second-order valence-corrected chi connectivity index (χ2v) is 5.68. The van der Waals surface area contributed by atoms with E-state index in [-0.39, 0.29) is 5.91 Å². The first-order chi connectivity index (χ1) is 10.8. The third kappa shape index (κ3) is 3.56. The minimum atomic E-state index is -0.0813. The molecule has 0 spiro atoms. The van der Waals surface area contributed by atoms with Crippen LogP contribution in [0.2, 0.25) is 0 Å². The van der Waals surface area contributed by atoms with Crippen LogP contribution in [0.25, 0.3) is 11.3 Å². The van der Waals surface area contributed by atoms with Gasteiger partial charge >= 0.3 is 0 Å². The number of rotatable bonds is 5. The summed E-state index contributed by atoms with van der Waals surface area (Å²) in [5.74, 6) is -0.0813. The van der Waals surface area contributed by atoms with Crippen LogP contribution in [-0.4, -0.2) is 22.4 Å². The highest BCUT2D eigenvalue weighted by Crippen LogP contribution is 2.21. The Morgan fingerprint density at radius 3 is 2.64 bits per heavy atom. The maximum absolute atomic E-state index is 11.9. The summed E-state index contributed by atoms with van der Waals surface area (Å²) in [4.78, 5) is 20.4. The number of benzene rings is 1. The van der Waals surface area contributed by atoms with Crippen LogP contribution in [0.15, 0.2) is 60.2 Å². The van der Waals surface area contributed by atoms with Crippen LogP contribution >= 0.6 is 11.3 Å². The monoisotopic (exact) mass is 309 g/mol. The van der Waals surface area contributed by atoms with Crippen molar-refractivity contribution < 1.29 is 4.79 Å². The van der Waals surface area contributed by atoms with Gasteiger partial charge in [-0.05, 0) is 12.1 Å². The van der Waals surface area contributed by atoms with Crippen molar-refractivity contribution in [3.63, 3.8) is 0 Å². The van der Waals surface area contributed by atoms with Gasteiger partial charge in [0.25, 0.3) is 5.91 Å². The minimum Gasteiger partial charge on any atom is -0.352 e. The van der Waals surface area contributed by atoms with Crippen molar-refractivity contribution in [2.24, 2.45) is 0 Å². The van der Waals surface area contributed by atoms with E-state index < -0.39 is 0 Å². The maximum atomic E-state index is 11.9. The summed E-state index contributed by atoms with van der Waals surface area (Å²) < 4.78 is 0. The third-order valence-corrected chi connectivity index (χ3v) is 4.10. The average Bonchev–Trinajstić information content (AvgIpc) is 3.05. The van der Waals surface area contributed by atoms with Gasteiger partial charge in [0.2, 0.25) is 0 Å². The van der Waals surface area contributed by atoms with Gasteiger partial charge in [0, 0.05) is 41.9 Å². The lowest BCUT2D eigenvalue weighted by Crippen LogP contribution is -2.25. The lowest BCUT2D eigenvalue weighted by molar-refractivity contribution is 0.0954. The fourth-order valence-corrected chi connectivity index (χ4v) is 2.86. The smallest absolute Gasteiger partial charge is 0.251 e. The van der Waals surface area contributed by atoms with Crippen LogP contribution in [0, 0.1) is 0 Å². The Morgan fingerprint density at radius 1 is 1.09 bits per heavy atom. The van der Waals surface area contributed by atoms with Gasteiger partial charge in [-0.1, -0.05) is 30.3 Å². The summed E-state index contributed by atoms with van der Waals surface area (Å²) in [5.41, 5.74) is 2.73. The fourth-order valence-electron chi connectivity index (χ4n) is 2.06. The van der Waals surface area contributed by atoms with Crippen LogP contribution in [0.1, 0.15) is 15.4 Å². The van der Waals surface area contributed by atoms with Gasteiger partial charge in [0.15, 0.2) is 0 Å². The highest BCUT2D eigenvalue weighted by Gasteiger charge is 2.06. The van der Waals surface area contributed by atoms with Crippen molar-refractivity contribution in [2.75, 3.05) is 6.54 Å². The highest BCUT2D eigenvalue weighted by molar-refractivity contribution is 7.09. The summed E-state index contributed by atoms with van der Waals surface area (Å²) in [6.45, 7) is 0.572. The van der Waals surface area contributed by atoms with E-state index in [2.05, 4.69) is 20.7 Å². The summed E-state index contributed by atoms with van der Waals surface area (Å²) in [6.07, 6.45) is 3.96. The standard InChI is InChI=1S/C17H15N3OS/c21-17(14-6-9-18-10-7-14)19-11-8-16-20-15(12-22-16)13-4-2-1-3-5-13/h1-7,9-10,12H,8,11H2,(H,19,21). The Kier molecular flexibility index (Phi) is 4.56. The zero-order valence-corrected chi connectivity index (χ0v) is 12.7. The fraction of sp³-hybridized carbons (Fsp3) is 0.118. The van der Waals surface area contributed by atoms with Crippen LogP contribution in [0.5, 0.6) is 0 Å². The minimum absolute atomic E-state index is 0.0813. The number of amides is 1. The molecular formula is C17H15N3OS. The molecule has 0 saturated heterocycles. The van der Waals surface area contributed by atoms with E-state index in [1.165, 1.54) is 0 Å². The molecule has 1 aromatic carbocycles. The SMILES string of the molecule is O=C(NCCc1nc(-c2ccccc2)cs1)c1ccncc1. The van der Waals surface area contributed by atoms with Crippen LogP contribution in [0.4, 0.5) is 0 Å². The molecule has 0 fully saturated rings. The predicted octanol–water partition coefficient (Wildman–Crippen LogP) is 3.18. The van der Waals surface area contributed by atoms with Crippen LogP contribution in [0.3, 0.4) is 0 Å². The van der Waals surface area contributed by atoms with Crippen molar-refractivity contribution in [3.05, 3.63) is 70.8 Å². The molecule has 1 amide bonds. The number of nitrogens with one attached hydrogen (secondary N) is 1. The Balaban J connectivity index is 1.55. The molecule has 110 valence electrons. The molecule has 0 bridgehead atoms. The molecule has 2 heterocycles. The number of hydrogen-bond donors (Lipinski definition) is 1. The lowest BCUT2D eigenvalue weighted by Gasteiger charge is -2.03. The van der Waals surface area contributed by atoms with E-state index in [1.807, 2.05) is 30.3 Å². The number of pyridine rings is 1. The summed E-state index contributed by atoms with van der Waals surface area (Å²) in [6, 6.07) is 13.5. The van der Waals surface area contributed by atoms with Crippen molar-refractivity contribution >= 4 is 17.2 Å². The lowest BCUT2D eigenvalue weighted by atomic mass is 10.2. The molecule has 4 nitrogen and oxygen atoms in total. The van der Waals surface area contributed by atoms with Gasteiger partial charge in [-0.2, -0.15) is 0 Å². The van der Waals surface area contributed by atoms with Gasteiger partial charge in [0.05, 0.1) is 10.7 Å². The van der Waals surface area contributed by atoms with Crippen molar-refractivity contribution in [1.29, 1.82) is 0 Å². The molecule has 0 radical (unpaired) electrons. The zero-order valence-electron chi connectivity index (χ0n) is 11.9. The largest absolute Gasteiger partial charge is 0.352 e. The topological polar surface area (TPSA) is 54.9 Å². The molecule has 22 heavy (non-hydrogen) atoms. The molecule has 3 aromatic rings. The van der Waals surface area contributed by atoms with Crippen molar-refractivity contribution in [1.82, 2.24) is 15.3 Å². The molecule has 0 aliphatic heterocycles. The van der Waals surface area contributed by atoms with E-state index >= 15 is 0 Å². The van der Waals surface area contributed by atoms with Gasteiger partial charge in [0.1, 0.15) is 0 Å². The third-order valence-electron chi connectivity index (χ3n) is 3.19. The van der Waals surface area contributed by atoms with Crippen LogP contribution in [-0.2, 0) is 6.42 Å². The first kappa shape index (κ1) is 14.4. The summed E-state index contributed by atoms with van der Waals surface area (Å²) >= 11 is 1.62. The highest BCUT2D eigenvalue weighted by atomic mass is 32.1. The van der Waals surface area contributed by atoms with Gasteiger partial charge in [-0.25, -0.2) is 4.98 Å². The number of nitrogens with zero attached hydrogens (tertiary/aromatic N) is 2. The molecular weight excluding hydrogens is 294 g/mol. The van der Waals surface area contributed by atoms with E-state index in [0.29, 0.717) is 12.1 Å². The number of thiazole rings is 1. The van der Waals surface area contributed by atoms with Gasteiger partial charge < -0.3 is 5.32 Å². The Morgan fingerprint density at radius 2 is 1.86 bits per heavy atom. The Bertz CT molecular complexity index is 741. The molecule has 0 saturated carbocycles. The molecule has 2 aromatic heterocycles. The van der Waals surface area contributed by atoms with Crippen LogP contribution < -0.4 is 5.32 Å². The second-order valence-electron chi connectivity index (χ2n) is 4.73. The van der Waals surface area contributed by atoms with E-state index in [0.717, 1.165) is 22.7 Å². The van der Waals surface area contributed by atoms with Crippen molar-refractivity contribution in [2.45, 2.75) is 6.42 Å². The zero-order chi connectivity index (χ0) is 15.2. The molecule has 0 unspecified atom stereocenters. The normalized spacial score (nSPS) is 10.4. The molecule has 3 rings (SSSR count). The summed E-state index contributed by atoms with van der Waals surface area (Å²) in [5, 5.41) is 5.97.